The maximum atomic E-state index is 6.18. The molecule has 5 nitrogen and oxygen atoms in total. The van der Waals surface area contributed by atoms with Gasteiger partial charge >= 0.3 is 0 Å². The lowest BCUT2D eigenvalue weighted by atomic mass is 10.0. The van der Waals surface area contributed by atoms with Crippen molar-refractivity contribution in [3.63, 3.8) is 0 Å². The predicted molar refractivity (Wildman–Crippen MR) is 135 cm³/mol. The van der Waals surface area contributed by atoms with E-state index in [-0.39, 0.29) is 0 Å². The number of hydrogen-bond donors (Lipinski definition) is 0. The zero-order valence-corrected chi connectivity index (χ0v) is 19.7. The number of anilines is 2. The Bertz CT molecular complexity index is 1210. The molecule has 0 fully saturated rings. The third-order valence-corrected chi connectivity index (χ3v) is 5.82. The van der Waals surface area contributed by atoms with Crippen molar-refractivity contribution >= 4 is 17.0 Å². The Morgan fingerprint density at radius 3 is 2.34 bits per heavy atom. The lowest BCUT2D eigenvalue weighted by Crippen LogP contribution is -2.21. The molecule has 0 bridgehead atoms. The van der Waals surface area contributed by atoms with Crippen molar-refractivity contribution in [2.45, 2.75) is 20.8 Å². The zero-order chi connectivity index (χ0) is 22.7. The summed E-state index contributed by atoms with van der Waals surface area (Å²) < 4.78 is 8.34. The Hall–Kier alpha value is -3.47. The second kappa shape index (κ2) is 9.35. The van der Waals surface area contributed by atoms with Crippen LogP contribution in [-0.4, -0.2) is 43.2 Å². The summed E-state index contributed by atoms with van der Waals surface area (Å²) >= 11 is 0. The molecule has 0 aliphatic rings. The Balaban J connectivity index is 2.00. The van der Waals surface area contributed by atoms with Crippen LogP contribution in [-0.2, 0) is 0 Å². The van der Waals surface area contributed by atoms with Gasteiger partial charge in [-0.2, -0.15) is 0 Å². The zero-order valence-electron chi connectivity index (χ0n) is 19.7. The SMILES string of the molecule is CCOc1cc(N(CC)CC)ccc1-c1c(-c2ccccc2N(C)C)nc2ccccn12. The molecule has 0 saturated heterocycles. The smallest absolute Gasteiger partial charge is 0.137 e. The van der Waals surface area contributed by atoms with Gasteiger partial charge in [-0.3, -0.25) is 4.40 Å². The van der Waals surface area contributed by atoms with Gasteiger partial charge < -0.3 is 14.5 Å². The van der Waals surface area contributed by atoms with Crippen molar-refractivity contribution in [2.75, 3.05) is 43.6 Å². The molecule has 5 heteroatoms. The molecule has 4 aromatic rings. The van der Waals surface area contributed by atoms with Gasteiger partial charge in [0.05, 0.1) is 18.0 Å². The molecule has 2 aromatic carbocycles. The first-order chi connectivity index (χ1) is 15.6. The molecule has 0 amide bonds. The van der Waals surface area contributed by atoms with E-state index in [9.17, 15) is 0 Å². The van der Waals surface area contributed by atoms with Crippen LogP contribution in [0.2, 0.25) is 0 Å². The molecule has 0 unspecified atom stereocenters. The van der Waals surface area contributed by atoms with Crippen molar-refractivity contribution in [1.29, 1.82) is 0 Å². The van der Waals surface area contributed by atoms with Crippen LogP contribution in [0.5, 0.6) is 5.75 Å². The van der Waals surface area contributed by atoms with Crippen LogP contribution in [0.25, 0.3) is 28.2 Å². The van der Waals surface area contributed by atoms with Crippen LogP contribution in [0.15, 0.2) is 66.9 Å². The maximum Gasteiger partial charge on any atom is 0.137 e. The average Bonchev–Trinajstić information content (AvgIpc) is 3.19. The van der Waals surface area contributed by atoms with Crippen molar-refractivity contribution in [1.82, 2.24) is 9.38 Å². The van der Waals surface area contributed by atoms with Crippen molar-refractivity contribution in [3.8, 4) is 28.3 Å². The summed E-state index contributed by atoms with van der Waals surface area (Å²) in [7, 11) is 4.14. The summed E-state index contributed by atoms with van der Waals surface area (Å²) in [6.45, 7) is 8.91. The topological polar surface area (TPSA) is 33.0 Å². The fourth-order valence-electron chi connectivity index (χ4n) is 4.27. The number of rotatable bonds is 8. The third kappa shape index (κ3) is 3.91. The summed E-state index contributed by atoms with van der Waals surface area (Å²) in [6, 6.07) is 21.1. The molecule has 166 valence electrons. The number of para-hydroxylation sites is 1. The third-order valence-electron chi connectivity index (χ3n) is 5.82. The highest BCUT2D eigenvalue weighted by atomic mass is 16.5. The Kier molecular flexibility index (Phi) is 6.35. The second-order valence-corrected chi connectivity index (χ2v) is 7.94. The van der Waals surface area contributed by atoms with Crippen LogP contribution >= 0.6 is 0 Å². The minimum Gasteiger partial charge on any atom is -0.493 e. The van der Waals surface area contributed by atoms with Gasteiger partial charge in [0.15, 0.2) is 0 Å². The number of nitrogens with zero attached hydrogens (tertiary/aromatic N) is 4. The lowest BCUT2D eigenvalue weighted by Gasteiger charge is -2.23. The van der Waals surface area contributed by atoms with Gasteiger partial charge in [0.25, 0.3) is 0 Å². The van der Waals surface area contributed by atoms with Crippen molar-refractivity contribution < 1.29 is 4.74 Å². The molecule has 0 aliphatic heterocycles. The number of aromatic nitrogens is 2. The van der Waals surface area contributed by atoms with Crippen molar-refractivity contribution in [2.24, 2.45) is 0 Å². The molecule has 2 heterocycles. The van der Waals surface area contributed by atoms with E-state index in [1.807, 2.05) is 19.1 Å². The number of benzene rings is 2. The minimum absolute atomic E-state index is 0.606. The van der Waals surface area contributed by atoms with Gasteiger partial charge in [-0.05, 0) is 51.1 Å². The standard InChI is InChI=1S/C27H32N4O/c1-6-30(7-2)20-16-17-22(24(19-20)32-8-3)27-26(28-25-15-11-12-18-31(25)27)21-13-9-10-14-23(21)29(4)5/h9-19H,6-8H2,1-5H3. The van der Waals surface area contributed by atoms with E-state index in [0.29, 0.717) is 6.61 Å². The maximum absolute atomic E-state index is 6.18. The first-order valence-electron chi connectivity index (χ1n) is 11.3. The molecule has 0 spiro atoms. The van der Waals surface area contributed by atoms with Crippen molar-refractivity contribution in [3.05, 3.63) is 66.9 Å². The fourth-order valence-corrected chi connectivity index (χ4v) is 4.27. The van der Waals surface area contributed by atoms with Crippen LogP contribution in [0.4, 0.5) is 11.4 Å². The van der Waals surface area contributed by atoms with Crippen LogP contribution in [0.3, 0.4) is 0 Å². The first kappa shape index (κ1) is 21.8. The molecule has 32 heavy (non-hydrogen) atoms. The van der Waals surface area contributed by atoms with Gasteiger partial charge in [-0.25, -0.2) is 4.98 Å². The molecule has 0 radical (unpaired) electrons. The van der Waals surface area contributed by atoms with E-state index in [0.717, 1.165) is 52.7 Å². The molecular formula is C27H32N4O. The lowest BCUT2D eigenvalue weighted by molar-refractivity contribution is 0.341. The molecule has 0 saturated carbocycles. The number of imidazole rings is 1. The van der Waals surface area contributed by atoms with Crippen LogP contribution < -0.4 is 14.5 Å². The summed E-state index contributed by atoms with van der Waals surface area (Å²) in [6.07, 6.45) is 2.08. The largest absolute Gasteiger partial charge is 0.493 e. The molecule has 4 rings (SSSR count). The van der Waals surface area contributed by atoms with E-state index in [4.69, 9.17) is 9.72 Å². The average molecular weight is 429 g/mol. The first-order valence-corrected chi connectivity index (χ1v) is 11.3. The van der Waals surface area contributed by atoms with Gasteiger partial charge in [0.2, 0.25) is 0 Å². The van der Waals surface area contributed by atoms with Gasteiger partial charge in [-0.15, -0.1) is 0 Å². The molecule has 0 atom stereocenters. The van der Waals surface area contributed by atoms with Crippen LogP contribution in [0, 0.1) is 0 Å². The Labute approximate surface area is 190 Å². The molecule has 2 aromatic heterocycles. The highest BCUT2D eigenvalue weighted by Gasteiger charge is 2.22. The second-order valence-electron chi connectivity index (χ2n) is 7.94. The predicted octanol–water partition coefficient (Wildman–Crippen LogP) is 5.98. The number of hydrogen-bond acceptors (Lipinski definition) is 4. The summed E-state index contributed by atoms with van der Waals surface area (Å²) in [5.74, 6) is 0.881. The summed E-state index contributed by atoms with van der Waals surface area (Å²) in [4.78, 5) is 9.54. The number of fused-ring (bicyclic) bond motifs is 1. The minimum atomic E-state index is 0.606. The number of ether oxygens (including phenoxy) is 1. The highest BCUT2D eigenvalue weighted by molar-refractivity contribution is 5.90. The van der Waals surface area contributed by atoms with Gasteiger partial charge in [0.1, 0.15) is 11.4 Å². The number of pyridine rings is 1. The van der Waals surface area contributed by atoms with Gasteiger partial charge in [0, 0.05) is 61.9 Å². The normalized spacial score (nSPS) is 11.0. The molecule has 0 N–H and O–H groups in total. The molecular weight excluding hydrogens is 396 g/mol. The summed E-state index contributed by atoms with van der Waals surface area (Å²) in [5.41, 5.74) is 7.38. The van der Waals surface area contributed by atoms with E-state index in [1.54, 1.807) is 0 Å². The Morgan fingerprint density at radius 2 is 1.62 bits per heavy atom. The highest BCUT2D eigenvalue weighted by Crippen LogP contribution is 2.42. The van der Waals surface area contributed by atoms with E-state index in [1.165, 1.54) is 5.69 Å². The molecule has 0 aliphatic carbocycles. The van der Waals surface area contributed by atoms with E-state index >= 15 is 0 Å². The van der Waals surface area contributed by atoms with E-state index in [2.05, 4.69) is 96.9 Å². The monoisotopic (exact) mass is 428 g/mol. The Morgan fingerprint density at radius 1 is 0.875 bits per heavy atom. The van der Waals surface area contributed by atoms with Crippen LogP contribution in [0.1, 0.15) is 20.8 Å². The summed E-state index contributed by atoms with van der Waals surface area (Å²) in [5, 5.41) is 0. The fraction of sp³-hybridized carbons (Fsp3) is 0.296. The van der Waals surface area contributed by atoms with E-state index < -0.39 is 0 Å². The van der Waals surface area contributed by atoms with Gasteiger partial charge in [-0.1, -0.05) is 24.3 Å². The quantitative estimate of drug-likeness (QED) is 0.346.